The van der Waals surface area contributed by atoms with E-state index in [4.69, 9.17) is 0 Å². The highest BCUT2D eigenvalue weighted by molar-refractivity contribution is 5.97. The van der Waals surface area contributed by atoms with Crippen LogP contribution in [0.1, 0.15) is 43.6 Å². The Morgan fingerprint density at radius 1 is 0.854 bits per heavy atom. The molecule has 2 aromatic carbocycles. The van der Waals surface area contributed by atoms with Crippen molar-refractivity contribution in [3.8, 4) is 16.9 Å². The minimum atomic E-state index is -5.31. The van der Waals surface area contributed by atoms with Gasteiger partial charge in [-0.25, -0.2) is 4.98 Å². The van der Waals surface area contributed by atoms with E-state index in [0.717, 1.165) is 42.5 Å². The van der Waals surface area contributed by atoms with Gasteiger partial charge in [-0.15, -0.1) is 13.2 Å². The number of ether oxygens (including phenoxy) is 1. The van der Waals surface area contributed by atoms with Crippen LogP contribution in [0, 0.1) is 0 Å². The standard InChI is InChI=1S/C27H22F9N3O2/c1-24(2,20-8-4-9-21(37-20)26(31,32)33)38-19-14-17(39-11-5-10-22(39)40)13-18(23(19)41-27(34,35)36)15-6-3-7-16(12-15)25(28,29)30/h3-4,6-9,12-14,38H,5,10-11H2,1-2H3. The number of rotatable bonds is 6. The zero-order valence-corrected chi connectivity index (χ0v) is 21.4. The Hall–Kier alpha value is -3.97. The van der Waals surface area contributed by atoms with Crippen LogP contribution in [-0.2, 0) is 22.7 Å². The van der Waals surface area contributed by atoms with Gasteiger partial charge in [0.25, 0.3) is 0 Å². The van der Waals surface area contributed by atoms with E-state index in [-0.39, 0.29) is 35.8 Å². The van der Waals surface area contributed by atoms with Crippen molar-refractivity contribution in [1.82, 2.24) is 4.98 Å². The van der Waals surface area contributed by atoms with Crippen molar-refractivity contribution < 1.29 is 49.0 Å². The van der Waals surface area contributed by atoms with E-state index in [9.17, 15) is 44.3 Å². The molecule has 1 aliphatic heterocycles. The fourth-order valence-electron chi connectivity index (χ4n) is 4.43. The number of amides is 1. The molecule has 5 nitrogen and oxygen atoms in total. The van der Waals surface area contributed by atoms with Crippen molar-refractivity contribution in [1.29, 1.82) is 0 Å². The highest BCUT2D eigenvalue weighted by Gasteiger charge is 2.38. The first-order valence-corrected chi connectivity index (χ1v) is 12.1. The first-order valence-electron chi connectivity index (χ1n) is 12.1. The number of carbonyl (C=O) groups excluding carboxylic acids is 1. The van der Waals surface area contributed by atoms with E-state index in [2.05, 4.69) is 15.0 Å². The minimum Gasteiger partial charge on any atom is -0.403 e. The average molecular weight is 591 g/mol. The van der Waals surface area contributed by atoms with Gasteiger partial charge < -0.3 is 15.0 Å². The quantitative estimate of drug-likeness (QED) is 0.294. The number of carbonyl (C=O) groups is 1. The number of benzene rings is 2. The molecule has 0 saturated carbocycles. The molecule has 0 aliphatic carbocycles. The van der Waals surface area contributed by atoms with Gasteiger partial charge in [0.1, 0.15) is 5.69 Å². The van der Waals surface area contributed by atoms with Crippen LogP contribution in [0.15, 0.2) is 54.6 Å². The van der Waals surface area contributed by atoms with Gasteiger partial charge in [-0.1, -0.05) is 18.2 Å². The maximum Gasteiger partial charge on any atom is 0.573 e. The maximum absolute atomic E-state index is 13.7. The summed E-state index contributed by atoms with van der Waals surface area (Å²) in [5.74, 6) is -1.30. The molecule has 0 radical (unpaired) electrons. The molecule has 1 aliphatic rings. The van der Waals surface area contributed by atoms with E-state index in [1.165, 1.54) is 24.8 Å². The molecule has 2 heterocycles. The Kier molecular flexibility index (Phi) is 7.65. The van der Waals surface area contributed by atoms with E-state index in [1.807, 2.05) is 0 Å². The fraction of sp³-hybridized carbons (Fsp3) is 0.333. The number of anilines is 2. The summed E-state index contributed by atoms with van der Waals surface area (Å²) in [7, 11) is 0. The molecule has 1 saturated heterocycles. The number of halogens is 9. The van der Waals surface area contributed by atoms with Gasteiger partial charge in [0.05, 0.1) is 22.5 Å². The summed E-state index contributed by atoms with van der Waals surface area (Å²) in [6, 6.07) is 8.81. The van der Waals surface area contributed by atoms with Gasteiger partial charge in [0.15, 0.2) is 5.75 Å². The van der Waals surface area contributed by atoms with Crippen molar-refractivity contribution in [2.24, 2.45) is 0 Å². The average Bonchev–Trinajstić information content (AvgIpc) is 3.29. The maximum atomic E-state index is 13.7. The number of alkyl halides is 9. The largest absolute Gasteiger partial charge is 0.573 e. The Labute approximate surface area is 227 Å². The molecule has 1 N–H and O–H groups in total. The van der Waals surface area contributed by atoms with Crippen LogP contribution in [0.3, 0.4) is 0 Å². The van der Waals surface area contributed by atoms with E-state index < -0.39 is 52.5 Å². The second-order valence-corrected chi connectivity index (χ2v) is 9.80. The Balaban J connectivity index is 1.94. The second kappa shape index (κ2) is 10.5. The first-order chi connectivity index (χ1) is 18.8. The molecule has 4 rings (SSSR count). The zero-order chi connectivity index (χ0) is 30.4. The number of pyridine rings is 1. The molecule has 0 atom stereocenters. The molecule has 0 spiro atoms. The molecule has 220 valence electrons. The summed E-state index contributed by atoms with van der Waals surface area (Å²) >= 11 is 0. The molecular weight excluding hydrogens is 569 g/mol. The Morgan fingerprint density at radius 3 is 2.10 bits per heavy atom. The summed E-state index contributed by atoms with van der Waals surface area (Å²) < 4.78 is 126. The predicted molar refractivity (Wildman–Crippen MR) is 131 cm³/mol. The van der Waals surface area contributed by atoms with Crippen LogP contribution >= 0.6 is 0 Å². The van der Waals surface area contributed by atoms with Gasteiger partial charge >= 0.3 is 18.7 Å². The summed E-state index contributed by atoms with van der Waals surface area (Å²) in [5, 5.41) is 2.72. The molecule has 14 heteroatoms. The lowest BCUT2D eigenvalue weighted by Gasteiger charge is -2.31. The number of nitrogens with one attached hydrogen (secondary N) is 1. The fourth-order valence-corrected chi connectivity index (χ4v) is 4.43. The van der Waals surface area contributed by atoms with Gasteiger partial charge in [0, 0.05) is 24.2 Å². The zero-order valence-electron chi connectivity index (χ0n) is 21.4. The monoisotopic (exact) mass is 591 g/mol. The molecule has 0 unspecified atom stereocenters. The normalized spacial score (nSPS) is 14.9. The molecule has 0 bridgehead atoms. The summed E-state index contributed by atoms with van der Waals surface area (Å²) in [4.78, 5) is 17.4. The van der Waals surface area contributed by atoms with Crippen LogP contribution in [0.5, 0.6) is 5.75 Å². The molecule has 1 aromatic heterocycles. The van der Waals surface area contributed by atoms with Crippen LogP contribution in [0.25, 0.3) is 11.1 Å². The van der Waals surface area contributed by atoms with Crippen LogP contribution in [0.4, 0.5) is 50.9 Å². The lowest BCUT2D eigenvalue weighted by Crippen LogP contribution is -2.31. The number of aromatic nitrogens is 1. The van der Waals surface area contributed by atoms with Gasteiger partial charge in [-0.05, 0) is 62.2 Å². The topological polar surface area (TPSA) is 54.5 Å². The van der Waals surface area contributed by atoms with Gasteiger partial charge in [0.2, 0.25) is 5.91 Å². The molecule has 3 aromatic rings. The second-order valence-electron chi connectivity index (χ2n) is 9.80. The van der Waals surface area contributed by atoms with Crippen molar-refractivity contribution in [2.75, 3.05) is 16.8 Å². The lowest BCUT2D eigenvalue weighted by atomic mass is 9.96. The van der Waals surface area contributed by atoms with Crippen LogP contribution < -0.4 is 15.0 Å². The number of nitrogens with zero attached hydrogens (tertiary/aromatic N) is 2. The van der Waals surface area contributed by atoms with Gasteiger partial charge in [-0.2, -0.15) is 26.3 Å². The van der Waals surface area contributed by atoms with E-state index >= 15 is 0 Å². The summed E-state index contributed by atoms with van der Waals surface area (Å²) in [6.07, 6.45) is -14.4. The van der Waals surface area contributed by atoms with Gasteiger partial charge in [-0.3, -0.25) is 4.79 Å². The van der Waals surface area contributed by atoms with Crippen molar-refractivity contribution in [2.45, 2.75) is 50.9 Å². The van der Waals surface area contributed by atoms with Crippen molar-refractivity contribution in [3.63, 3.8) is 0 Å². The third kappa shape index (κ3) is 6.85. The number of hydrogen-bond acceptors (Lipinski definition) is 4. The minimum absolute atomic E-state index is 0.0599. The first kappa shape index (κ1) is 30.0. The van der Waals surface area contributed by atoms with Crippen molar-refractivity contribution >= 4 is 17.3 Å². The number of hydrogen-bond donors (Lipinski definition) is 1. The van der Waals surface area contributed by atoms with Crippen LogP contribution in [0.2, 0.25) is 0 Å². The summed E-state index contributed by atoms with van der Waals surface area (Å²) in [5.41, 5.74) is -5.25. The Bertz CT molecular complexity index is 1450. The van der Waals surface area contributed by atoms with Crippen LogP contribution in [-0.4, -0.2) is 23.8 Å². The third-order valence-corrected chi connectivity index (χ3v) is 6.30. The van der Waals surface area contributed by atoms with E-state index in [0.29, 0.717) is 12.5 Å². The van der Waals surface area contributed by atoms with E-state index in [1.54, 1.807) is 0 Å². The van der Waals surface area contributed by atoms with Crippen molar-refractivity contribution in [3.05, 3.63) is 71.5 Å². The summed E-state index contributed by atoms with van der Waals surface area (Å²) in [6.45, 7) is 2.90. The lowest BCUT2D eigenvalue weighted by molar-refractivity contribution is -0.274. The molecule has 1 amide bonds. The Morgan fingerprint density at radius 2 is 1.51 bits per heavy atom. The predicted octanol–water partition coefficient (Wildman–Crippen LogP) is 8.16. The SMILES string of the molecule is CC(C)(Nc1cc(N2CCCC2=O)cc(-c2cccc(C(F)(F)F)c2)c1OC(F)(F)F)c1cccc(C(F)(F)F)n1. The highest BCUT2D eigenvalue weighted by Crippen LogP contribution is 2.46. The third-order valence-electron chi connectivity index (χ3n) is 6.30. The smallest absolute Gasteiger partial charge is 0.403 e. The highest BCUT2D eigenvalue weighted by atomic mass is 19.4. The molecule has 41 heavy (non-hydrogen) atoms. The molecular formula is C27H22F9N3O2. The molecule has 1 fully saturated rings.